The molecular weight excluding hydrogens is 228 g/mol. The second-order valence-corrected chi connectivity index (χ2v) is 4.82. The highest BCUT2D eigenvalue weighted by molar-refractivity contribution is 5.94. The van der Waals surface area contributed by atoms with Crippen LogP contribution in [0.25, 0.3) is 0 Å². The molecule has 1 aliphatic rings. The number of nitrogens with one attached hydrogen (secondary N) is 1. The standard InChI is InChI=1S/C13H20N4O/c1-17-6-2-3-10(17)8-16-12-5-4-9(13(15)18)7-11(12)14/h4-5,7,10,16H,2-3,6,8,14H2,1H3,(H2,15,18). The molecule has 1 fully saturated rings. The number of amides is 1. The molecule has 1 aromatic carbocycles. The van der Waals surface area contributed by atoms with E-state index >= 15 is 0 Å². The fourth-order valence-electron chi connectivity index (χ4n) is 2.34. The molecule has 1 aromatic rings. The van der Waals surface area contributed by atoms with Gasteiger partial charge < -0.3 is 21.7 Å². The van der Waals surface area contributed by atoms with E-state index in [9.17, 15) is 4.79 Å². The van der Waals surface area contributed by atoms with E-state index in [1.165, 1.54) is 12.8 Å². The topological polar surface area (TPSA) is 84.4 Å². The van der Waals surface area contributed by atoms with Gasteiger partial charge in [0.05, 0.1) is 11.4 Å². The number of rotatable bonds is 4. The van der Waals surface area contributed by atoms with Crippen LogP contribution in [0.1, 0.15) is 23.2 Å². The molecule has 98 valence electrons. The smallest absolute Gasteiger partial charge is 0.248 e. The van der Waals surface area contributed by atoms with E-state index in [2.05, 4.69) is 17.3 Å². The lowest BCUT2D eigenvalue weighted by Gasteiger charge is -2.21. The summed E-state index contributed by atoms with van der Waals surface area (Å²) in [6.45, 7) is 2.03. The zero-order valence-corrected chi connectivity index (χ0v) is 10.6. The first-order valence-corrected chi connectivity index (χ1v) is 6.21. The van der Waals surface area contributed by atoms with Crippen molar-refractivity contribution in [1.29, 1.82) is 0 Å². The molecule has 1 amide bonds. The van der Waals surface area contributed by atoms with Crippen molar-refractivity contribution in [3.8, 4) is 0 Å². The molecule has 5 heteroatoms. The van der Waals surface area contributed by atoms with Crippen molar-refractivity contribution in [2.45, 2.75) is 18.9 Å². The molecular formula is C13H20N4O. The monoisotopic (exact) mass is 248 g/mol. The Kier molecular flexibility index (Phi) is 3.72. The summed E-state index contributed by atoms with van der Waals surface area (Å²) in [4.78, 5) is 13.4. The molecule has 1 saturated heterocycles. The lowest BCUT2D eigenvalue weighted by molar-refractivity contribution is 0.100. The highest BCUT2D eigenvalue weighted by Gasteiger charge is 2.20. The largest absolute Gasteiger partial charge is 0.397 e. The van der Waals surface area contributed by atoms with Crippen molar-refractivity contribution in [2.24, 2.45) is 5.73 Å². The highest BCUT2D eigenvalue weighted by Crippen LogP contribution is 2.21. The summed E-state index contributed by atoms with van der Waals surface area (Å²) < 4.78 is 0. The fraction of sp³-hybridized carbons (Fsp3) is 0.462. The first-order valence-electron chi connectivity index (χ1n) is 6.21. The molecule has 5 nitrogen and oxygen atoms in total. The average Bonchev–Trinajstić information content (AvgIpc) is 2.73. The summed E-state index contributed by atoms with van der Waals surface area (Å²) in [7, 11) is 2.14. The molecule has 5 N–H and O–H groups in total. The van der Waals surface area contributed by atoms with E-state index in [0.29, 0.717) is 17.3 Å². The van der Waals surface area contributed by atoms with E-state index in [1.807, 2.05) is 6.07 Å². The van der Waals surface area contributed by atoms with E-state index in [4.69, 9.17) is 11.5 Å². The third kappa shape index (κ3) is 2.73. The number of carbonyl (C=O) groups is 1. The summed E-state index contributed by atoms with van der Waals surface area (Å²) in [6, 6.07) is 5.67. The number of likely N-dealkylation sites (N-methyl/N-ethyl adjacent to an activating group) is 1. The molecule has 0 saturated carbocycles. The van der Waals surface area contributed by atoms with Gasteiger partial charge in [0.1, 0.15) is 0 Å². The highest BCUT2D eigenvalue weighted by atomic mass is 16.1. The quantitative estimate of drug-likeness (QED) is 0.690. The Labute approximate surface area is 107 Å². The molecule has 18 heavy (non-hydrogen) atoms. The molecule has 1 aliphatic heterocycles. The molecule has 1 unspecified atom stereocenters. The second-order valence-electron chi connectivity index (χ2n) is 4.82. The summed E-state index contributed by atoms with van der Waals surface area (Å²) in [5, 5.41) is 3.33. The van der Waals surface area contributed by atoms with E-state index < -0.39 is 5.91 Å². The van der Waals surface area contributed by atoms with E-state index in [0.717, 1.165) is 18.8 Å². The maximum Gasteiger partial charge on any atom is 0.248 e. The Morgan fingerprint density at radius 2 is 2.33 bits per heavy atom. The molecule has 2 rings (SSSR count). The predicted molar refractivity (Wildman–Crippen MR) is 73.5 cm³/mol. The van der Waals surface area contributed by atoms with Crippen LogP contribution in [-0.2, 0) is 0 Å². The summed E-state index contributed by atoms with van der Waals surface area (Å²) in [5.41, 5.74) is 13.0. The maximum atomic E-state index is 11.0. The van der Waals surface area contributed by atoms with Crippen molar-refractivity contribution in [2.75, 3.05) is 31.2 Å². The van der Waals surface area contributed by atoms with Crippen molar-refractivity contribution in [1.82, 2.24) is 4.90 Å². The first kappa shape index (κ1) is 12.7. The second kappa shape index (κ2) is 5.27. The number of nitrogen functional groups attached to an aromatic ring is 1. The van der Waals surface area contributed by atoms with Crippen LogP contribution in [0.2, 0.25) is 0 Å². The van der Waals surface area contributed by atoms with Crippen molar-refractivity contribution >= 4 is 17.3 Å². The van der Waals surface area contributed by atoms with Gasteiger partial charge in [0.25, 0.3) is 0 Å². The normalized spacial score (nSPS) is 19.9. The summed E-state index contributed by atoms with van der Waals surface area (Å²) in [5.74, 6) is -0.455. The van der Waals surface area contributed by atoms with Crippen LogP contribution in [0.15, 0.2) is 18.2 Å². The van der Waals surface area contributed by atoms with Gasteiger partial charge in [-0.1, -0.05) is 0 Å². The van der Waals surface area contributed by atoms with E-state index in [-0.39, 0.29) is 0 Å². The SMILES string of the molecule is CN1CCCC1CNc1ccc(C(N)=O)cc1N. The molecule has 1 atom stereocenters. The van der Waals surface area contributed by atoms with Crippen LogP contribution in [0.3, 0.4) is 0 Å². The molecule has 1 heterocycles. The first-order chi connectivity index (χ1) is 8.58. The predicted octanol–water partition coefficient (Wildman–Crippen LogP) is 0.874. The lowest BCUT2D eigenvalue weighted by atomic mass is 10.1. The van der Waals surface area contributed by atoms with Crippen molar-refractivity contribution < 1.29 is 4.79 Å². The number of carbonyl (C=O) groups excluding carboxylic acids is 1. The van der Waals surface area contributed by atoms with Crippen LogP contribution in [0.5, 0.6) is 0 Å². The van der Waals surface area contributed by atoms with Crippen molar-refractivity contribution in [3.05, 3.63) is 23.8 Å². The van der Waals surface area contributed by atoms with Gasteiger partial charge in [0.2, 0.25) is 5.91 Å². The Morgan fingerprint density at radius 3 is 2.89 bits per heavy atom. The Hall–Kier alpha value is -1.75. The minimum Gasteiger partial charge on any atom is -0.397 e. The minimum atomic E-state index is -0.455. The number of nitrogens with two attached hydrogens (primary N) is 2. The number of likely N-dealkylation sites (tertiary alicyclic amines) is 1. The Bertz CT molecular complexity index is 447. The van der Waals surface area contributed by atoms with Gasteiger partial charge in [-0.15, -0.1) is 0 Å². The van der Waals surface area contributed by atoms with Crippen LogP contribution >= 0.6 is 0 Å². The van der Waals surface area contributed by atoms with Crippen molar-refractivity contribution in [3.63, 3.8) is 0 Å². The molecule has 0 spiro atoms. The third-order valence-electron chi connectivity index (χ3n) is 3.54. The molecule has 0 radical (unpaired) electrons. The zero-order valence-electron chi connectivity index (χ0n) is 10.6. The number of hydrogen-bond acceptors (Lipinski definition) is 4. The lowest BCUT2D eigenvalue weighted by Crippen LogP contribution is -2.31. The van der Waals surface area contributed by atoms with Gasteiger partial charge in [0, 0.05) is 18.2 Å². The van der Waals surface area contributed by atoms with Gasteiger partial charge in [-0.3, -0.25) is 4.79 Å². The van der Waals surface area contributed by atoms with E-state index in [1.54, 1.807) is 12.1 Å². The number of hydrogen-bond donors (Lipinski definition) is 3. The maximum absolute atomic E-state index is 11.0. The number of anilines is 2. The van der Waals surface area contributed by atoms with Crippen LogP contribution < -0.4 is 16.8 Å². The van der Waals surface area contributed by atoms with Gasteiger partial charge >= 0.3 is 0 Å². The summed E-state index contributed by atoms with van der Waals surface area (Å²) >= 11 is 0. The Morgan fingerprint density at radius 1 is 1.56 bits per heavy atom. The summed E-state index contributed by atoms with van der Waals surface area (Å²) in [6.07, 6.45) is 2.46. The van der Waals surface area contributed by atoms with Crippen LogP contribution in [0.4, 0.5) is 11.4 Å². The molecule has 0 aromatic heterocycles. The van der Waals surface area contributed by atoms with Crippen LogP contribution in [0, 0.1) is 0 Å². The number of primary amides is 1. The van der Waals surface area contributed by atoms with Gasteiger partial charge in [-0.2, -0.15) is 0 Å². The molecule has 0 bridgehead atoms. The number of benzene rings is 1. The molecule has 0 aliphatic carbocycles. The van der Waals surface area contributed by atoms with Crippen LogP contribution in [-0.4, -0.2) is 37.0 Å². The van der Waals surface area contributed by atoms with Gasteiger partial charge in [-0.25, -0.2) is 0 Å². The zero-order chi connectivity index (χ0) is 13.1. The third-order valence-corrected chi connectivity index (χ3v) is 3.54. The van der Waals surface area contributed by atoms with Gasteiger partial charge in [-0.05, 0) is 44.6 Å². The van der Waals surface area contributed by atoms with Gasteiger partial charge in [0.15, 0.2) is 0 Å². The minimum absolute atomic E-state index is 0.441. The fourth-order valence-corrected chi connectivity index (χ4v) is 2.34. The number of nitrogens with zero attached hydrogens (tertiary/aromatic N) is 1. The average molecular weight is 248 g/mol. The Balaban J connectivity index is 1.99.